The zero-order valence-electron chi connectivity index (χ0n) is 12.8. The van der Waals surface area contributed by atoms with Gasteiger partial charge in [0, 0.05) is 6.04 Å². The molecule has 0 spiro atoms. The van der Waals surface area contributed by atoms with Crippen LogP contribution in [0.3, 0.4) is 0 Å². The van der Waals surface area contributed by atoms with Crippen molar-refractivity contribution in [2.45, 2.75) is 43.3 Å². The highest BCUT2D eigenvalue weighted by molar-refractivity contribution is 7.99. The molecule has 3 aromatic rings. The lowest BCUT2D eigenvalue weighted by Gasteiger charge is -2.22. The van der Waals surface area contributed by atoms with E-state index in [-0.39, 0.29) is 5.91 Å². The number of hydrogen-bond acceptors (Lipinski definition) is 4. The van der Waals surface area contributed by atoms with Gasteiger partial charge in [-0.2, -0.15) is 0 Å². The van der Waals surface area contributed by atoms with Crippen LogP contribution in [0.25, 0.3) is 16.8 Å². The van der Waals surface area contributed by atoms with Crippen LogP contribution in [0.5, 0.6) is 0 Å². The molecule has 2 N–H and O–H groups in total. The number of aromatic amines is 1. The third-order valence-corrected chi connectivity index (χ3v) is 5.24. The van der Waals surface area contributed by atoms with E-state index in [9.17, 15) is 4.79 Å². The van der Waals surface area contributed by atoms with Gasteiger partial charge in [-0.25, -0.2) is 10.1 Å². The zero-order chi connectivity index (χ0) is 15.6. The first-order chi connectivity index (χ1) is 11.3. The summed E-state index contributed by atoms with van der Waals surface area (Å²) in [6.45, 7) is 0. The largest absolute Gasteiger partial charge is 0.353 e. The maximum Gasteiger partial charge on any atom is 0.231 e. The lowest BCUT2D eigenvalue weighted by Crippen LogP contribution is -2.37. The van der Waals surface area contributed by atoms with E-state index in [2.05, 4.69) is 20.5 Å². The predicted molar refractivity (Wildman–Crippen MR) is 90.6 cm³/mol. The van der Waals surface area contributed by atoms with Gasteiger partial charge in [0.2, 0.25) is 11.7 Å². The highest BCUT2D eigenvalue weighted by Crippen LogP contribution is 2.23. The molecule has 23 heavy (non-hydrogen) atoms. The van der Waals surface area contributed by atoms with Gasteiger partial charge in [-0.3, -0.25) is 9.20 Å². The number of thioether (sulfide) groups is 1. The van der Waals surface area contributed by atoms with Gasteiger partial charge < -0.3 is 5.32 Å². The second kappa shape index (κ2) is 6.23. The molecule has 0 bridgehead atoms. The minimum atomic E-state index is 0.0856. The average molecular weight is 329 g/mol. The summed E-state index contributed by atoms with van der Waals surface area (Å²) >= 11 is 1.44. The van der Waals surface area contributed by atoms with Crippen molar-refractivity contribution in [1.82, 2.24) is 24.9 Å². The van der Waals surface area contributed by atoms with Crippen LogP contribution in [0.2, 0.25) is 0 Å². The lowest BCUT2D eigenvalue weighted by molar-refractivity contribution is -0.119. The molecule has 1 amide bonds. The van der Waals surface area contributed by atoms with Crippen LogP contribution in [0.4, 0.5) is 0 Å². The van der Waals surface area contributed by atoms with E-state index < -0.39 is 0 Å². The number of rotatable bonds is 4. The number of benzene rings is 1. The van der Waals surface area contributed by atoms with Crippen molar-refractivity contribution in [3.8, 4) is 0 Å². The molecule has 4 rings (SSSR count). The number of carbonyl (C=O) groups is 1. The first-order valence-electron chi connectivity index (χ1n) is 8.05. The Morgan fingerprint density at radius 3 is 3.00 bits per heavy atom. The summed E-state index contributed by atoms with van der Waals surface area (Å²) in [4.78, 5) is 16.6. The van der Waals surface area contributed by atoms with Crippen molar-refractivity contribution < 1.29 is 4.79 Å². The second-order valence-electron chi connectivity index (χ2n) is 5.96. The molecule has 1 aromatic carbocycles. The van der Waals surface area contributed by atoms with Gasteiger partial charge in [0.05, 0.1) is 16.8 Å². The van der Waals surface area contributed by atoms with Gasteiger partial charge in [0.15, 0.2) is 5.16 Å². The second-order valence-corrected chi connectivity index (χ2v) is 6.90. The molecule has 1 aliphatic rings. The Bertz CT molecular complexity index is 833. The Morgan fingerprint density at radius 1 is 1.30 bits per heavy atom. The number of carbonyl (C=O) groups excluding carboxylic acids is 1. The third-order valence-electron chi connectivity index (χ3n) is 4.31. The van der Waals surface area contributed by atoms with Crippen molar-refractivity contribution in [3.63, 3.8) is 0 Å². The van der Waals surface area contributed by atoms with Gasteiger partial charge >= 0.3 is 0 Å². The van der Waals surface area contributed by atoms with Crippen molar-refractivity contribution in [3.05, 3.63) is 24.3 Å². The summed E-state index contributed by atoms with van der Waals surface area (Å²) in [5, 5.41) is 11.1. The van der Waals surface area contributed by atoms with E-state index in [0.717, 1.165) is 29.0 Å². The van der Waals surface area contributed by atoms with Crippen molar-refractivity contribution in [1.29, 1.82) is 0 Å². The Hall–Kier alpha value is -2.02. The summed E-state index contributed by atoms with van der Waals surface area (Å²) in [6, 6.07) is 8.28. The van der Waals surface area contributed by atoms with Crippen molar-refractivity contribution >= 4 is 34.5 Å². The molecule has 7 heteroatoms. The predicted octanol–water partition coefficient (Wildman–Crippen LogP) is 2.75. The molecule has 1 fully saturated rings. The van der Waals surface area contributed by atoms with Crippen LogP contribution in [0, 0.1) is 0 Å². The quantitative estimate of drug-likeness (QED) is 0.722. The maximum atomic E-state index is 12.1. The summed E-state index contributed by atoms with van der Waals surface area (Å²) in [6.07, 6.45) is 5.95. The molecule has 2 aromatic heterocycles. The average Bonchev–Trinajstić information content (AvgIpc) is 3.13. The Labute approximate surface area is 138 Å². The van der Waals surface area contributed by atoms with E-state index >= 15 is 0 Å². The first kappa shape index (κ1) is 14.6. The number of aromatic nitrogens is 4. The molecular weight excluding hydrogens is 310 g/mol. The van der Waals surface area contributed by atoms with Gasteiger partial charge in [0.25, 0.3) is 0 Å². The molecule has 0 aliphatic heterocycles. The van der Waals surface area contributed by atoms with Gasteiger partial charge in [-0.1, -0.05) is 43.2 Å². The molecule has 1 aliphatic carbocycles. The van der Waals surface area contributed by atoms with Crippen LogP contribution in [-0.4, -0.2) is 37.3 Å². The fraction of sp³-hybridized carbons (Fsp3) is 0.438. The molecule has 6 nitrogen and oxygen atoms in total. The van der Waals surface area contributed by atoms with E-state index in [4.69, 9.17) is 0 Å². The first-order valence-corrected chi connectivity index (χ1v) is 9.03. The number of hydrogen-bond donors (Lipinski definition) is 2. The normalized spacial score (nSPS) is 16.2. The number of amides is 1. The summed E-state index contributed by atoms with van der Waals surface area (Å²) in [5.74, 6) is 1.17. The number of para-hydroxylation sites is 2. The Morgan fingerprint density at radius 2 is 2.13 bits per heavy atom. The van der Waals surface area contributed by atoms with Gasteiger partial charge in [-0.05, 0) is 25.0 Å². The lowest BCUT2D eigenvalue weighted by atomic mass is 9.95. The molecule has 120 valence electrons. The molecule has 0 saturated heterocycles. The number of imidazole rings is 1. The molecule has 0 unspecified atom stereocenters. The van der Waals surface area contributed by atoms with Crippen LogP contribution in [-0.2, 0) is 4.79 Å². The number of nitrogens with one attached hydrogen (secondary N) is 2. The number of fused-ring (bicyclic) bond motifs is 3. The summed E-state index contributed by atoms with van der Waals surface area (Å²) in [5.41, 5.74) is 1.93. The topological polar surface area (TPSA) is 75.1 Å². The summed E-state index contributed by atoms with van der Waals surface area (Å²) < 4.78 is 1.97. The van der Waals surface area contributed by atoms with Gasteiger partial charge in [0.1, 0.15) is 0 Å². The fourth-order valence-electron chi connectivity index (χ4n) is 3.19. The van der Waals surface area contributed by atoms with Crippen LogP contribution in [0.1, 0.15) is 32.1 Å². The van der Waals surface area contributed by atoms with E-state index in [1.807, 2.05) is 28.7 Å². The van der Waals surface area contributed by atoms with E-state index in [0.29, 0.717) is 17.6 Å². The molecule has 0 atom stereocenters. The molecular formula is C16H19N5OS. The van der Waals surface area contributed by atoms with Crippen LogP contribution >= 0.6 is 11.8 Å². The minimum absolute atomic E-state index is 0.0856. The van der Waals surface area contributed by atoms with E-state index in [1.54, 1.807) is 0 Å². The minimum Gasteiger partial charge on any atom is -0.353 e. The smallest absolute Gasteiger partial charge is 0.231 e. The monoisotopic (exact) mass is 329 g/mol. The van der Waals surface area contributed by atoms with Crippen LogP contribution in [0.15, 0.2) is 29.4 Å². The Kier molecular flexibility index (Phi) is 3.95. The highest BCUT2D eigenvalue weighted by atomic mass is 32.2. The molecule has 1 saturated carbocycles. The van der Waals surface area contributed by atoms with Crippen molar-refractivity contribution in [2.24, 2.45) is 0 Å². The van der Waals surface area contributed by atoms with Gasteiger partial charge in [-0.15, -0.1) is 5.10 Å². The number of nitrogens with zero attached hydrogens (tertiary/aromatic N) is 3. The highest BCUT2D eigenvalue weighted by Gasteiger charge is 2.17. The SMILES string of the molecule is O=C(CSc1n[nH]c2nc3ccccc3n12)NC1CCCCC1. The van der Waals surface area contributed by atoms with Crippen molar-refractivity contribution in [2.75, 3.05) is 5.75 Å². The summed E-state index contributed by atoms with van der Waals surface area (Å²) in [7, 11) is 0. The fourth-order valence-corrected chi connectivity index (χ4v) is 3.95. The zero-order valence-corrected chi connectivity index (χ0v) is 13.6. The molecule has 2 heterocycles. The third kappa shape index (κ3) is 2.93. The number of H-pyrrole nitrogens is 1. The van der Waals surface area contributed by atoms with E-state index in [1.165, 1.54) is 31.0 Å². The maximum absolute atomic E-state index is 12.1. The standard InChI is InChI=1S/C16H19N5OS/c22-14(17-11-6-2-1-3-7-11)10-23-16-20-19-15-18-12-8-4-5-9-13(12)21(15)16/h4-5,8-9,11H,1-3,6-7,10H2,(H,17,22)(H,18,19). The Balaban J connectivity index is 1.46. The van der Waals surface area contributed by atoms with Crippen LogP contribution < -0.4 is 5.32 Å². The molecule has 0 radical (unpaired) electrons.